The van der Waals surface area contributed by atoms with Crippen LogP contribution in [0, 0.1) is 6.92 Å². The van der Waals surface area contributed by atoms with Crippen LogP contribution in [0.4, 0.5) is 0 Å². The van der Waals surface area contributed by atoms with E-state index in [1.807, 2.05) is 12.4 Å². The highest BCUT2D eigenvalue weighted by molar-refractivity contribution is 7.13. The highest BCUT2D eigenvalue weighted by atomic mass is 35.5. The zero-order valence-electron chi connectivity index (χ0n) is 13.4. The summed E-state index contributed by atoms with van der Waals surface area (Å²) >= 11 is 1.66. The number of rotatable bonds is 4. The quantitative estimate of drug-likeness (QED) is 0.916. The summed E-state index contributed by atoms with van der Waals surface area (Å²) in [6.07, 6.45) is 1.91. The van der Waals surface area contributed by atoms with Crippen LogP contribution in [0.2, 0.25) is 0 Å². The largest absolute Gasteiger partial charge is 0.368 e. The second-order valence-corrected chi connectivity index (χ2v) is 6.72. The van der Waals surface area contributed by atoms with Gasteiger partial charge in [-0.05, 0) is 44.4 Å². The molecule has 3 rings (SSSR count). The van der Waals surface area contributed by atoms with E-state index in [2.05, 4.69) is 41.1 Å². The Balaban J connectivity index is 0.00000192. The number of carbonyl (C=O) groups is 1. The SMILES string of the molecule is Cc1ncsc1-c1ccc(C(C)N2CCCC2C(N)=O)cc1.Cl. The number of halogens is 1. The van der Waals surface area contributed by atoms with Crippen LogP contribution in [0.25, 0.3) is 10.4 Å². The maximum atomic E-state index is 11.6. The first-order valence-corrected chi connectivity index (χ1v) is 8.51. The van der Waals surface area contributed by atoms with E-state index in [0.29, 0.717) is 0 Å². The van der Waals surface area contributed by atoms with Gasteiger partial charge in [0, 0.05) is 6.04 Å². The van der Waals surface area contributed by atoms with E-state index in [9.17, 15) is 4.79 Å². The predicted octanol–water partition coefficient (Wildman–Crippen LogP) is 3.55. The number of nitrogens with zero attached hydrogens (tertiary/aromatic N) is 2. The lowest BCUT2D eigenvalue weighted by atomic mass is 10.0. The van der Waals surface area contributed by atoms with Crippen LogP contribution in [0.5, 0.6) is 0 Å². The Morgan fingerprint density at radius 3 is 2.65 bits per heavy atom. The molecule has 0 aliphatic carbocycles. The van der Waals surface area contributed by atoms with Gasteiger partial charge in [-0.2, -0.15) is 0 Å². The Hall–Kier alpha value is -1.43. The number of carbonyl (C=O) groups excluding carboxylic acids is 1. The number of primary amides is 1. The Bertz CT molecular complexity index is 671. The molecule has 2 heterocycles. The Kier molecular flexibility index (Phi) is 5.79. The molecule has 2 unspecified atom stereocenters. The molecule has 2 N–H and O–H groups in total. The van der Waals surface area contributed by atoms with E-state index in [1.165, 1.54) is 16.0 Å². The molecule has 0 radical (unpaired) electrons. The topological polar surface area (TPSA) is 59.2 Å². The molecular weight excluding hydrogens is 330 g/mol. The molecule has 1 aromatic carbocycles. The van der Waals surface area contributed by atoms with E-state index in [-0.39, 0.29) is 30.4 Å². The fourth-order valence-electron chi connectivity index (χ4n) is 3.24. The molecule has 124 valence electrons. The molecule has 0 bridgehead atoms. The third-order valence-corrected chi connectivity index (χ3v) is 5.50. The number of aryl methyl sites for hydroxylation is 1. The van der Waals surface area contributed by atoms with Crippen LogP contribution in [-0.4, -0.2) is 28.4 Å². The van der Waals surface area contributed by atoms with Crippen LogP contribution < -0.4 is 5.73 Å². The van der Waals surface area contributed by atoms with E-state index in [1.54, 1.807) is 11.3 Å². The minimum Gasteiger partial charge on any atom is -0.368 e. The van der Waals surface area contributed by atoms with Crippen LogP contribution in [0.15, 0.2) is 29.8 Å². The number of benzene rings is 1. The van der Waals surface area contributed by atoms with Crippen LogP contribution >= 0.6 is 23.7 Å². The van der Waals surface area contributed by atoms with Crippen molar-refractivity contribution in [2.24, 2.45) is 5.73 Å². The molecule has 4 nitrogen and oxygen atoms in total. The van der Waals surface area contributed by atoms with Crippen LogP contribution in [0.1, 0.15) is 37.1 Å². The monoisotopic (exact) mass is 351 g/mol. The van der Waals surface area contributed by atoms with Gasteiger partial charge in [0.05, 0.1) is 22.1 Å². The van der Waals surface area contributed by atoms with Gasteiger partial charge in [-0.25, -0.2) is 4.98 Å². The molecule has 2 aromatic rings. The number of thiazole rings is 1. The van der Waals surface area contributed by atoms with Gasteiger partial charge < -0.3 is 5.73 Å². The smallest absolute Gasteiger partial charge is 0.234 e. The van der Waals surface area contributed by atoms with Crippen molar-refractivity contribution in [3.8, 4) is 10.4 Å². The van der Waals surface area contributed by atoms with E-state index < -0.39 is 0 Å². The number of amides is 1. The van der Waals surface area contributed by atoms with E-state index >= 15 is 0 Å². The normalized spacial score (nSPS) is 19.3. The van der Waals surface area contributed by atoms with E-state index in [0.717, 1.165) is 25.1 Å². The summed E-state index contributed by atoms with van der Waals surface area (Å²) in [7, 11) is 0. The third kappa shape index (κ3) is 3.57. The molecule has 1 aromatic heterocycles. The second-order valence-electron chi connectivity index (χ2n) is 5.86. The number of aromatic nitrogens is 1. The van der Waals surface area contributed by atoms with Gasteiger partial charge in [0.15, 0.2) is 0 Å². The summed E-state index contributed by atoms with van der Waals surface area (Å²) in [5, 5.41) is 0. The van der Waals surface area contributed by atoms with Gasteiger partial charge in [0.1, 0.15) is 0 Å². The summed E-state index contributed by atoms with van der Waals surface area (Å²) in [5.41, 5.74) is 10.9. The zero-order chi connectivity index (χ0) is 15.7. The molecule has 1 saturated heterocycles. The molecule has 1 aliphatic heterocycles. The highest BCUT2D eigenvalue weighted by Crippen LogP contribution is 2.32. The maximum absolute atomic E-state index is 11.6. The van der Waals surface area contributed by atoms with Crippen LogP contribution in [0.3, 0.4) is 0 Å². The van der Waals surface area contributed by atoms with Gasteiger partial charge in [-0.1, -0.05) is 24.3 Å². The maximum Gasteiger partial charge on any atom is 0.234 e. The third-order valence-electron chi connectivity index (χ3n) is 4.52. The molecule has 0 spiro atoms. The predicted molar refractivity (Wildman–Crippen MR) is 96.9 cm³/mol. The van der Waals surface area contributed by atoms with Crippen molar-refractivity contribution in [2.75, 3.05) is 6.54 Å². The molecule has 1 amide bonds. The molecule has 1 fully saturated rings. The van der Waals surface area contributed by atoms with Crippen molar-refractivity contribution in [3.63, 3.8) is 0 Å². The summed E-state index contributed by atoms with van der Waals surface area (Å²) < 4.78 is 0. The molecule has 0 saturated carbocycles. The molecule has 1 aliphatic rings. The standard InChI is InChI=1S/C17H21N3OS.ClH/c1-11-16(22-10-19-11)14-7-5-13(6-8-14)12(2)20-9-3-4-15(20)17(18)21;/h5-8,10,12,15H,3-4,9H2,1-2H3,(H2,18,21);1H. The average molecular weight is 352 g/mol. The summed E-state index contributed by atoms with van der Waals surface area (Å²) in [4.78, 5) is 19.3. The first-order valence-electron chi connectivity index (χ1n) is 7.63. The number of hydrogen-bond donors (Lipinski definition) is 1. The molecule has 23 heavy (non-hydrogen) atoms. The van der Waals surface area contributed by atoms with Crippen molar-refractivity contribution in [1.29, 1.82) is 0 Å². The highest BCUT2D eigenvalue weighted by Gasteiger charge is 2.32. The van der Waals surface area contributed by atoms with Crippen molar-refractivity contribution in [3.05, 3.63) is 41.0 Å². The van der Waals surface area contributed by atoms with Gasteiger partial charge in [-0.3, -0.25) is 9.69 Å². The lowest BCUT2D eigenvalue weighted by molar-refractivity contribution is -0.122. The minimum absolute atomic E-state index is 0. The Morgan fingerprint density at radius 2 is 2.09 bits per heavy atom. The molecule has 2 atom stereocenters. The van der Waals surface area contributed by atoms with Crippen molar-refractivity contribution in [1.82, 2.24) is 9.88 Å². The van der Waals surface area contributed by atoms with Gasteiger partial charge in [0.25, 0.3) is 0 Å². The fraction of sp³-hybridized carbons (Fsp3) is 0.412. The van der Waals surface area contributed by atoms with E-state index in [4.69, 9.17) is 5.73 Å². The first-order chi connectivity index (χ1) is 10.6. The zero-order valence-corrected chi connectivity index (χ0v) is 15.0. The number of hydrogen-bond acceptors (Lipinski definition) is 4. The number of nitrogens with two attached hydrogens (primary N) is 1. The Labute approximate surface area is 147 Å². The number of likely N-dealkylation sites (tertiary alicyclic amines) is 1. The lowest BCUT2D eigenvalue weighted by Gasteiger charge is -2.29. The summed E-state index contributed by atoms with van der Waals surface area (Å²) in [6.45, 7) is 5.11. The minimum atomic E-state index is -0.207. The fourth-order valence-corrected chi connectivity index (χ4v) is 4.05. The van der Waals surface area contributed by atoms with Crippen molar-refractivity contribution in [2.45, 2.75) is 38.8 Å². The average Bonchev–Trinajstić information content (AvgIpc) is 3.15. The van der Waals surface area contributed by atoms with Gasteiger partial charge in [-0.15, -0.1) is 23.7 Å². The Morgan fingerprint density at radius 1 is 1.39 bits per heavy atom. The lowest BCUT2D eigenvalue weighted by Crippen LogP contribution is -2.41. The summed E-state index contributed by atoms with van der Waals surface area (Å²) in [6, 6.07) is 8.66. The molecule has 6 heteroatoms. The second kappa shape index (κ2) is 7.43. The first kappa shape index (κ1) is 17.9. The van der Waals surface area contributed by atoms with Gasteiger partial charge >= 0.3 is 0 Å². The van der Waals surface area contributed by atoms with Crippen LogP contribution in [-0.2, 0) is 4.79 Å². The van der Waals surface area contributed by atoms with Crippen molar-refractivity contribution < 1.29 is 4.79 Å². The molecular formula is C17H22ClN3OS. The summed E-state index contributed by atoms with van der Waals surface area (Å²) in [5.74, 6) is -0.207. The van der Waals surface area contributed by atoms with Crippen molar-refractivity contribution >= 4 is 29.7 Å². The van der Waals surface area contributed by atoms with Gasteiger partial charge in [0.2, 0.25) is 5.91 Å².